The molecule has 0 aromatic heterocycles. The standard InChI is InChI=1S/C12H15NO4S/c1-7-5-9(6-8(2)11(7)12(14)15)13-18(16,17)10-3-4-10/h5-6,10,13H,3-4H2,1-2H3,(H,14,15). The Morgan fingerprint density at radius 3 is 2.17 bits per heavy atom. The predicted molar refractivity (Wildman–Crippen MR) is 68.4 cm³/mol. The number of sulfonamides is 1. The van der Waals surface area contributed by atoms with E-state index in [0.29, 0.717) is 29.7 Å². The molecule has 1 aliphatic rings. The zero-order valence-electron chi connectivity index (χ0n) is 10.2. The van der Waals surface area contributed by atoms with Gasteiger partial charge in [-0.05, 0) is 49.9 Å². The molecule has 5 nitrogen and oxygen atoms in total. The van der Waals surface area contributed by atoms with Crippen LogP contribution in [0.5, 0.6) is 0 Å². The highest BCUT2D eigenvalue weighted by Crippen LogP contribution is 2.30. The van der Waals surface area contributed by atoms with Crippen LogP contribution in [0.3, 0.4) is 0 Å². The van der Waals surface area contributed by atoms with E-state index in [1.807, 2.05) is 0 Å². The van der Waals surface area contributed by atoms with Gasteiger partial charge in [0.05, 0.1) is 10.8 Å². The van der Waals surface area contributed by atoms with Gasteiger partial charge in [-0.25, -0.2) is 13.2 Å². The van der Waals surface area contributed by atoms with E-state index >= 15 is 0 Å². The van der Waals surface area contributed by atoms with E-state index in [-0.39, 0.29) is 10.8 Å². The van der Waals surface area contributed by atoms with Crippen LogP contribution in [-0.4, -0.2) is 24.7 Å². The Morgan fingerprint density at radius 1 is 1.28 bits per heavy atom. The summed E-state index contributed by atoms with van der Waals surface area (Å²) in [7, 11) is -3.30. The van der Waals surface area contributed by atoms with Crippen LogP contribution in [0, 0.1) is 13.8 Å². The van der Waals surface area contributed by atoms with Crippen LogP contribution in [0.15, 0.2) is 12.1 Å². The van der Waals surface area contributed by atoms with Crippen molar-refractivity contribution in [1.29, 1.82) is 0 Å². The van der Waals surface area contributed by atoms with Gasteiger partial charge in [0.15, 0.2) is 0 Å². The average Bonchev–Trinajstić information content (AvgIpc) is 2.96. The summed E-state index contributed by atoms with van der Waals surface area (Å²) in [6.07, 6.45) is 1.39. The van der Waals surface area contributed by atoms with Crippen LogP contribution >= 0.6 is 0 Å². The van der Waals surface area contributed by atoms with Gasteiger partial charge in [0.1, 0.15) is 0 Å². The normalized spacial score (nSPS) is 15.4. The van der Waals surface area contributed by atoms with Crippen LogP contribution in [0.4, 0.5) is 5.69 Å². The third kappa shape index (κ3) is 2.48. The first-order chi connectivity index (χ1) is 8.31. The molecule has 1 saturated carbocycles. The number of hydrogen-bond acceptors (Lipinski definition) is 3. The molecule has 0 spiro atoms. The molecule has 2 rings (SSSR count). The lowest BCUT2D eigenvalue weighted by atomic mass is 10.0. The molecule has 1 fully saturated rings. The maximum absolute atomic E-state index is 11.8. The summed E-state index contributed by atoms with van der Waals surface area (Å²) < 4.78 is 26.1. The van der Waals surface area contributed by atoms with E-state index in [4.69, 9.17) is 5.11 Å². The summed E-state index contributed by atoms with van der Waals surface area (Å²) in [5.41, 5.74) is 1.76. The van der Waals surface area contributed by atoms with E-state index < -0.39 is 16.0 Å². The quantitative estimate of drug-likeness (QED) is 0.874. The first kappa shape index (κ1) is 12.9. The van der Waals surface area contributed by atoms with Gasteiger partial charge in [-0.15, -0.1) is 0 Å². The van der Waals surface area contributed by atoms with Gasteiger partial charge < -0.3 is 5.11 Å². The summed E-state index contributed by atoms with van der Waals surface area (Å²) in [4.78, 5) is 11.0. The summed E-state index contributed by atoms with van der Waals surface area (Å²) >= 11 is 0. The van der Waals surface area contributed by atoms with Crippen molar-refractivity contribution in [1.82, 2.24) is 0 Å². The molecule has 1 aromatic carbocycles. The lowest BCUT2D eigenvalue weighted by Crippen LogP contribution is -2.18. The molecule has 0 heterocycles. The molecular weight excluding hydrogens is 254 g/mol. The minimum absolute atomic E-state index is 0.226. The van der Waals surface area contributed by atoms with Crippen molar-refractivity contribution in [3.63, 3.8) is 0 Å². The van der Waals surface area contributed by atoms with E-state index in [1.54, 1.807) is 26.0 Å². The van der Waals surface area contributed by atoms with Gasteiger partial charge in [0.2, 0.25) is 10.0 Å². The highest BCUT2D eigenvalue weighted by atomic mass is 32.2. The number of carbonyl (C=O) groups is 1. The topological polar surface area (TPSA) is 83.5 Å². The summed E-state index contributed by atoms with van der Waals surface area (Å²) in [5.74, 6) is -0.999. The SMILES string of the molecule is Cc1cc(NS(=O)(=O)C2CC2)cc(C)c1C(=O)O. The van der Waals surface area contributed by atoms with E-state index in [1.165, 1.54) is 0 Å². The van der Waals surface area contributed by atoms with Crippen molar-refractivity contribution in [3.05, 3.63) is 28.8 Å². The first-order valence-electron chi connectivity index (χ1n) is 5.67. The van der Waals surface area contributed by atoms with Crippen molar-refractivity contribution in [2.24, 2.45) is 0 Å². The lowest BCUT2D eigenvalue weighted by molar-refractivity contribution is 0.0695. The van der Waals surface area contributed by atoms with Crippen LogP contribution in [0.25, 0.3) is 0 Å². The molecule has 0 bridgehead atoms. The number of carboxylic acid groups (broad SMARTS) is 1. The second kappa shape index (κ2) is 4.28. The van der Waals surface area contributed by atoms with Gasteiger partial charge in [0.25, 0.3) is 0 Å². The van der Waals surface area contributed by atoms with Crippen LogP contribution in [0.2, 0.25) is 0 Å². The smallest absolute Gasteiger partial charge is 0.336 e. The highest BCUT2D eigenvalue weighted by Gasteiger charge is 2.35. The monoisotopic (exact) mass is 269 g/mol. The molecule has 1 aliphatic carbocycles. The Bertz CT molecular complexity index is 579. The highest BCUT2D eigenvalue weighted by molar-refractivity contribution is 7.93. The van der Waals surface area contributed by atoms with Crippen LogP contribution in [-0.2, 0) is 10.0 Å². The lowest BCUT2D eigenvalue weighted by Gasteiger charge is -2.11. The van der Waals surface area contributed by atoms with E-state index in [0.717, 1.165) is 0 Å². The molecule has 0 atom stereocenters. The molecule has 6 heteroatoms. The van der Waals surface area contributed by atoms with Crippen LogP contribution < -0.4 is 4.72 Å². The summed E-state index contributed by atoms with van der Waals surface area (Å²) in [6, 6.07) is 3.10. The molecule has 0 saturated heterocycles. The number of benzene rings is 1. The summed E-state index contributed by atoms with van der Waals surface area (Å²) in [6.45, 7) is 3.32. The zero-order valence-corrected chi connectivity index (χ0v) is 11.0. The number of carboxylic acids is 1. The second-order valence-corrected chi connectivity index (χ2v) is 6.60. The summed E-state index contributed by atoms with van der Waals surface area (Å²) in [5, 5.41) is 8.74. The molecule has 1 aromatic rings. The number of anilines is 1. The molecule has 0 radical (unpaired) electrons. The Kier molecular flexibility index (Phi) is 3.06. The number of rotatable bonds is 4. The third-order valence-electron chi connectivity index (χ3n) is 2.97. The van der Waals surface area contributed by atoms with E-state index in [9.17, 15) is 13.2 Å². The maximum atomic E-state index is 11.8. The molecule has 18 heavy (non-hydrogen) atoms. The minimum atomic E-state index is -3.30. The number of hydrogen-bond donors (Lipinski definition) is 2. The largest absolute Gasteiger partial charge is 0.478 e. The van der Waals surface area contributed by atoms with E-state index in [2.05, 4.69) is 4.72 Å². The first-order valence-corrected chi connectivity index (χ1v) is 7.22. The predicted octanol–water partition coefficient (Wildman–Crippen LogP) is 1.91. The molecular formula is C12H15NO4S. The third-order valence-corrected chi connectivity index (χ3v) is 4.84. The fourth-order valence-electron chi connectivity index (χ4n) is 1.99. The zero-order chi connectivity index (χ0) is 13.5. The Balaban J connectivity index is 2.34. The van der Waals surface area contributed by atoms with Gasteiger partial charge >= 0.3 is 5.97 Å². The minimum Gasteiger partial charge on any atom is -0.478 e. The van der Waals surface area contributed by atoms with Crippen molar-refractivity contribution < 1.29 is 18.3 Å². The second-order valence-electron chi connectivity index (χ2n) is 4.64. The van der Waals surface area contributed by atoms with Crippen molar-refractivity contribution in [2.45, 2.75) is 31.9 Å². The average molecular weight is 269 g/mol. The Hall–Kier alpha value is -1.56. The van der Waals surface area contributed by atoms with Gasteiger partial charge in [-0.2, -0.15) is 0 Å². The Morgan fingerprint density at radius 2 is 1.78 bits per heavy atom. The number of aryl methyl sites for hydroxylation is 2. The van der Waals surface area contributed by atoms with Gasteiger partial charge in [0, 0.05) is 5.69 Å². The molecule has 0 amide bonds. The fraction of sp³-hybridized carbons (Fsp3) is 0.417. The number of aromatic carboxylic acids is 1. The molecule has 98 valence electrons. The maximum Gasteiger partial charge on any atom is 0.336 e. The van der Waals surface area contributed by atoms with Crippen molar-refractivity contribution >= 4 is 21.7 Å². The van der Waals surface area contributed by atoms with Gasteiger partial charge in [-0.3, -0.25) is 4.72 Å². The number of nitrogens with one attached hydrogen (secondary N) is 1. The molecule has 0 aliphatic heterocycles. The fourth-order valence-corrected chi connectivity index (χ4v) is 3.36. The van der Waals surface area contributed by atoms with Crippen molar-refractivity contribution in [3.8, 4) is 0 Å². The van der Waals surface area contributed by atoms with Crippen molar-refractivity contribution in [2.75, 3.05) is 4.72 Å². The molecule has 0 unspecified atom stereocenters. The van der Waals surface area contributed by atoms with Gasteiger partial charge in [-0.1, -0.05) is 0 Å². The van der Waals surface area contributed by atoms with Crippen LogP contribution in [0.1, 0.15) is 34.3 Å². The Labute approximate surface area is 106 Å². The molecule has 2 N–H and O–H groups in total.